The average Bonchev–Trinajstić information content (AvgIpc) is 3.60. The SMILES string of the molecule is CC1(C)C[C@@H](N2C(=O)C[C@@](C)(c3cccc(Nc4ccc(C5CC5)nc4)c3Cl)N=C2N)CCO1. The van der Waals surface area contributed by atoms with E-state index in [2.05, 4.69) is 16.4 Å². The van der Waals surface area contributed by atoms with Gasteiger partial charge in [0.05, 0.1) is 40.2 Å². The highest BCUT2D eigenvalue weighted by molar-refractivity contribution is 6.34. The minimum absolute atomic E-state index is 0.0147. The molecule has 0 radical (unpaired) electrons. The molecule has 3 N–H and O–H groups in total. The predicted octanol–water partition coefficient (Wildman–Crippen LogP) is 5.08. The van der Waals surface area contributed by atoms with Gasteiger partial charge < -0.3 is 15.8 Å². The summed E-state index contributed by atoms with van der Waals surface area (Å²) in [7, 11) is 0. The molecule has 1 aromatic carbocycles. The van der Waals surface area contributed by atoms with Crippen LogP contribution >= 0.6 is 11.6 Å². The van der Waals surface area contributed by atoms with Crippen molar-refractivity contribution in [2.75, 3.05) is 11.9 Å². The third kappa shape index (κ3) is 4.51. The molecule has 3 aliphatic rings. The molecule has 7 nitrogen and oxygen atoms in total. The Morgan fingerprint density at radius 1 is 1.18 bits per heavy atom. The lowest BCUT2D eigenvalue weighted by Crippen LogP contribution is -2.57. The van der Waals surface area contributed by atoms with Crippen molar-refractivity contribution in [1.82, 2.24) is 9.88 Å². The summed E-state index contributed by atoms with van der Waals surface area (Å²) in [6, 6.07) is 9.83. The Labute approximate surface area is 205 Å². The van der Waals surface area contributed by atoms with Crippen LogP contribution in [0, 0.1) is 0 Å². The first kappa shape index (κ1) is 23.1. The van der Waals surface area contributed by atoms with E-state index in [-0.39, 0.29) is 29.9 Å². The summed E-state index contributed by atoms with van der Waals surface area (Å²) in [4.78, 5) is 24.4. The van der Waals surface area contributed by atoms with Gasteiger partial charge in [-0.3, -0.25) is 14.7 Å². The van der Waals surface area contributed by atoms with E-state index in [0.29, 0.717) is 17.5 Å². The van der Waals surface area contributed by atoms with Gasteiger partial charge in [-0.25, -0.2) is 4.99 Å². The van der Waals surface area contributed by atoms with E-state index in [0.717, 1.165) is 35.5 Å². The molecule has 3 heterocycles. The standard InChI is InChI=1S/C26H32ClN5O2/c1-25(2)13-18(11-12-34-25)32-22(33)14-26(3,31-24(32)28)19-5-4-6-21(23(19)27)30-17-9-10-20(29-15-17)16-7-8-16/h4-6,9-10,15-16,18,30H,7-8,11-14H2,1-3H3,(H2,28,31)/t18-,26-/m0/s1. The van der Waals surface area contributed by atoms with Crippen LogP contribution in [0.2, 0.25) is 5.02 Å². The maximum absolute atomic E-state index is 13.3. The van der Waals surface area contributed by atoms with Gasteiger partial charge in [0.2, 0.25) is 5.91 Å². The summed E-state index contributed by atoms with van der Waals surface area (Å²) in [5.74, 6) is 0.822. The van der Waals surface area contributed by atoms with Crippen LogP contribution in [0.1, 0.15) is 70.1 Å². The number of anilines is 2. The Morgan fingerprint density at radius 3 is 2.62 bits per heavy atom. The van der Waals surface area contributed by atoms with Crippen molar-refractivity contribution in [3.8, 4) is 0 Å². The number of carbonyl (C=O) groups excluding carboxylic acids is 1. The number of aromatic nitrogens is 1. The summed E-state index contributed by atoms with van der Waals surface area (Å²) in [6.07, 6.45) is 5.95. The second-order valence-electron chi connectivity index (χ2n) is 10.5. The lowest BCUT2D eigenvalue weighted by molar-refractivity contribution is -0.136. The number of hydrogen-bond donors (Lipinski definition) is 2. The fourth-order valence-corrected chi connectivity index (χ4v) is 5.50. The predicted molar refractivity (Wildman–Crippen MR) is 134 cm³/mol. The van der Waals surface area contributed by atoms with E-state index in [1.54, 1.807) is 4.90 Å². The Morgan fingerprint density at radius 2 is 1.97 bits per heavy atom. The molecule has 2 aromatic rings. The smallest absolute Gasteiger partial charge is 0.232 e. The van der Waals surface area contributed by atoms with Gasteiger partial charge in [0.25, 0.3) is 0 Å². The number of amides is 1. The first-order valence-electron chi connectivity index (χ1n) is 12.0. The Bertz CT molecular complexity index is 1130. The van der Waals surface area contributed by atoms with Gasteiger partial charge in [0.15, 0.2) is 5.96 Å². The number of rotatable bonds is 5. The monoisotopic (exact) mass is 481 g/mol. The van der Waals surface area contributed by atoms with Gasteiger partial charge in [-0.2, -0.15) is 0 Å². The van der Waals surface area contributed by atoms with Crippen LogP contribution in [0.5, 0.6) is 0 Å². The van der Waals surface area contributed by atoms with Gasteiger partial charge in [0, 0.05) is 29.8 Å². The third-order valence-electron chi connectivity index (χ3n) is 7.05. The summed E-state index contributed by atoms with van der Waals surface area (Å²) in [5.41, 5.74) is 8.79. The van der Waals surface area contributed by atoms with Crippen molar-refractivity contribution in [3.63, 3.8) is 0 Å². The maximum atomic E-state index is 13.3. The fraction of sp³-hybridized carbons (Fsp3) is 0.500. The lowest BCUT2D eigenvalue weighted by atomic mass is 9.85. The topological polar surface area (TPSA) is 92.8 Å². The van der Waals surface area contributed by atoms with E-state index in [1.807, 2.05) is 51.2 Å². The number of halogens is 1. The second-order valence-corrected chi connectivity index (χ2v) is 10.9. The normalized spacial score (nSPS) is 26.8. The van der Waals surface area contributed by atoms with E-state index in [4.69, 9.17) is 27.1 Å². The first-order valence-corrected chi connectivity index (χ1v) is 12.4. The van der Waals surface area contributed by atoms with Crippen LogP contribution in [0.4, 0.5) is 11.4 Å². The molecule has 2 atom stereocenters. The van der Waals surface area contributed by atoms with E-state index < -0.39 is 5.54 Å². The van der Waals surface area contributed by atoms with Crippen LogP contribution in [-0.2, 0) is 15.1 Å². The number of guanidine groups is 1. The quantitative estimate of drug-likeness (QED) is 0.621. The molecule has 8 heteroatoms. The fourth-order valence-electron chi connectivity index (χ4n) is 5.12. The Hall–Kier alpha value is -2.64. The van der Waals surface area contributed by atoms with Crippen LogP contribution in [0.3, 0.4) is 0 Å². The number of nitrogens with one attached hydrogen (secondary N) is 1. The number of pyridine rings is 1. The number of benzene rings is 1. The summed E-state index contributed by atoms with van der Waals surface area (Å²) < 4.78 is 5.82. The zero-order chi connectivity index (χ0) is 24.1. The van der Waals surface area contributed by atoms with Crippen LogP contribution in [0.25, 0.3) is 0 Å². The molecule has 1 aliphatic carbocycles. The van der Waals surface area contributed by atoms with E-state index in [9.17, 15) is 4.79 Å². The summed E-state index contributed by atoms with van der Waals surface area (Å²) in [5, 5.41) is 3.89. The molecule has 1 saturated heterocycles. The molecule has 1 aromatic heterocycles. The van der Waals surface area contributed by atoms with Crippen molar-refractivity contribution >= 4 is 34.8 Å². The third-order valence-corrected chi connectivity index (χ3v) is 7.46. The highest BCUT2D eigenvalue weighted by Crippen LogP contribution is 2.42. The zero-order valence-corrected chi connectivity index (χ0v) is 20.7. The van der Waals surface area contributed by atoms with Crippen molar-refractivity contribution in [3.05, 3.63) is 52.8 Å². The molecule has 0 spiro atoms. The number of nitrogens with two attached hydrogens (primary N) is 1. The lowest BCUT2D eigenvalue weighted by Gasteiger charge is -2.44. The molecular formula is C26H32ClN5O2. The van der Waals surface area contributed by atoms with Crippen molar-refractivity contribution < 1.29 is 9.53 Å². The van der Waals surface area contributed by atoms with Gasteiger partial charge in [-0.05, 0) is 64.7 Å². The molecular weight excluding hydrogens is 450 g/mol. The first-order chi connectivity index (χ1) is 16.2. The van der Waals surface area contributed by atoms with E-state index >= 15 is 0 Å². The van der Waals surface area contributed by atoms with Gasteiger partial charge >= 0.3 is 0 Å². The number of hydrogen-bond acceptors (Lipinski definition) is 6. The van der Waals surface area contributed by atoms with Crippen molar-refractivity contribution in [2.45, 2.75) is 76.0 Å². The molecule has 2 fully saturated rings. The molecule has 180 valence electrons. The molecule has 0 bridgehead atoms. The van der Waals surface area contributed by atoms with E-state index in [1.165, 1.54) is 12.8 Å². The largest absolute Gasteiger partial charge is 0.375 e. The van der Waals surface area contributed by atoms with Crippen molar-refractivity contribution in [2.24, 2.45) is 10.7 Å². The zero-order valence-electron chi connectivity index (χ0n) is 20.0. The highest BCUT2D eigenvalue weighted by Gasteiger charge is 2.43. The van der Waals surface area contributed by atoms with Crippen molar-refractivity contribution in [1.29, 1.82) is 0 Å². The second kappa shape index (κ2) is 8.54. The molecule has 34 heavy (non-hydrogen) atoms. The van der Waals surface area contributed by atoms with Crippen LogP contribution in [0.15, 0.2) is 41.5 Å². The Balaban J connectivity index is 1.39. The van der Waals surface area contributed by atoms with Gasteiger partial charge in [-0.15, -0.1) is 0 Å². The highest BCUT2D eigenvalue weighted by atomic mass is 35.5. The van der Waals surface area contributed by atoms with Crippen LogP contribution < -0.4 is 11.1 Å². The number of nitrogens with zero attached hydrogens (tertiary/aromatic N) is 3. The minimum Gasteiger partial charge on any atom is -0.375 e. The number of aliphatic imine (C=N–C) groups is 1. The molecule has 1 amide bonds. The molecule has 0 unspecified atom stereocenters. The average molecular weight is 482 g/mol. The summed E-state index contributed by atoms with van der Waals surface area (Å²) in [6.45, 7) is 6.60. The molecule has 1 saturated carbocycles. The van der Waals surface area contributed by atoms with Crippen LogP contribution in [-0.4, -0.2) is 40.0 Å². The van der Waals surface area contributed by atoms with Gasteiger partial charge in [-0.1, -0.05) is 23.7 Å². The van der Waals surface area contributed by atoms with Gasteiger partial charge in [0.1, 0.15) is 0 Å². The Kier molecular flexibility index (Phi) is 5.81. The minimum atomic E-state index is -0.846. The maximum Gasteiger partial charge on any atom is 0.232 e. The number of carbonyl (C=O) groups is 1. The molecule has 2 aliphatic heterocycles. The molecule has 5 rings (SSSR count). The number of ether oxygens (including phenoxy) is 1. The summed E-state index contributed by atoms with van der Waals surface area (Å²) >= 11 is 6.86.